The molecular weight excluding hydrogens is 312 g/mol. The van der Waals surface area contributed by atoms with Crippen LogP contribution in [0.3, 0.4) is 0 Å². The number of para-hydroxylation sites is 1. The molecule has 23 heavy (non-hydrogen) atoms. The zero-order valence-electron chi connectivity index (χ0n) is 12.8. The van der Waals surface area contributed by atoms with Gasteiger partial charge in [0, 0.05) is 0 Å². The monoisotopic (exact) mass is 328 g/mol. The molecule has 3 rings (SSSR count). The van der Waals surface area contributed by atoms with E-state index in [1.165, 1.54) is 6.33 Å². The van der Waals surface area contributed by atoms with Crippen LogP contribution in [0.5, 0.6) is 0 Å². The third-order valence-corrected chi connectivity index (χ3v) is 4.92. The number of nitrogens with zero attached hydrogens (tertiary/aromatic N) is 3. The van der Waals surface area contributed by atoms with Crippen molar-refractivity contribution in [2.75, 3.05) is 4.72 Å². The molecule has 0 saturated heterocycles. The molecule has 1 aromatic heterocycles. The van der Waals surface area contributed by atoms with Crippen molar-refractivity contribution in [3.63, 3.8) is 0 Å². The Labute approximate surface area is 134 Å². The molecule has 1 N–H and O–H groups in total. The van der Waals surface area contributed by atoms with E-state index in [9.17, 15) is 8.42 Å². The summed E-state index contributed by atoms with van der Waals surface area (Å²) < 4.78 is 29.2. The molecular formula is C16H16N4O2S. The molecule has 3 aromatic rings. The first-order chi connectivity index (χ1) is 11.0. The SMILES string of the molecule is Cc1ccc(S(=O)(=O)Nc2nncn2-c2ccccc2)cc1C. The van der Waals surface area contributed by atoms with Gasteiger partial charge in [-0.2, -0.15) is 0 Å². The standard InChI is InChI=1S/C16H16N4O2S/c1-12-8-9-15(10-13(12)2)23(21,22)19-16-18-17-11-20(16)14-6-4-3-5-7-14/h3-11H,1-2H3,(H,18,19). The van der Waals surface area contributed by atoms with Crippen LogP contribution in [-0.2, 0) is 10.0 Å². The predicted molar refractivity (Wildman–Crippen MR) is 88.1 cm³/mol. The topological polar surface area (TPSA) is 76.9 Å². The molecule has 118 valence electrons. The first kappa shape index (κ1) is 15.2. The van der Waals surface area contributed by atoms with Crippen LogP contribution >= 0.6 is 0 Å². The third-order valence-electron chi connectivity index (χ3n) is 3.60. The van der Waals surface area contributed by atoms with Gasteiger partial charge in [-0.3, -0.25) is 4.57 Å². The second kappa shape index (κ2) is 5.85. The van der Waals surface area contributed by atoms with Gasteiger partial charge >= 0.3 is 0 Å². The summed E-state index contributed by atoms with van der Waals surface area (Å²) in [6.07, 6.45) is 1.47. The number of hydrogen-bond acceptors (Lipinski definition) is 4. The number of hydrogen-bond donors (Lipinski definition) is 1. The molecule has 0 radical (unpaired) electrons. The lowest BCUT2D eigenvalue weighted by Gasteiger charge is -2.10. The van der Waals surface area contributed by atoms with E-state index in [1.807, 2.05) is 44.2 Å². The maximum absolute atomic E-state index is 12.6. The minimum atomic E-state index is -3.73. The summed E-state index contributed by atoms with van der Waals surface area (Å²) in [5, 5.41) is 7.66. The van der Waals surface area contributed by atoms with E-state index >= 15 is 0 Å². The van der Waals surface area contributed by atoms with E-state index in [0.717, 1.165) is 16.8 Å². The Hall–Kier alpha value is -2.67. The average molecular weight is 328 g/mol. The second-order valence-electron chi connectivity index (χ2n) is 5.21. The summed E-state index contributed by atoms with van der Waals surface area (Å²) in [6.45, 7) is 3.81. The molecule has 0 saturated carbocycles. The maximum atomic E-state index is 12.6. The molecule has 0 aliphatic rings. The highest BCUT2D eigenvalue weighted by molar-refractivity contribution is 7.92. The van der Waals surface area contributed by atoms with Gasteiger partial charge in [0.15, 0.2) is 0 Å². The lowest BCUT2D eigenvalue weighted by molar-refractivity contribution is 0.600. The van der Waals surface area contributed by atoms with Crippen molar-refractivity contribution in [1.29, 1.82) is 0 Å². The average Bonchev–Trinajstić information content (AvgIpc) is 2.98. The lowest BCUT2D eigenvalue weighted by atomic mass is 10.1. The van der Waals surface area contributed by atoms with Crippen molar-refractivity contribution in [1.82, 2.24) is 14.8 Å². The Kier molecular flexibility index (Phi) is 3.87. The van der Waals surface area contributed by atoms with E-state index in [-0.39, 0.29) is 10.8 Å². The number of benzene rings is 2. The summed E-state index contributed by atoms with van der Waals surface area (Å²) in [6, 6.07) is 14.3. The van der Waals surface area contributed by atoms with Gasteiger partial charge in [0.25, 0.3) is 10.0 Å². The third kappa shape index (κ3) is 3.09. The van der Waals surface area contributed by atoms with E-state index in [4.69, 9.17) is 0 Å². The van der Waals surface area contributed by atoms with Crippen molar-refractivity contribution >= 4 is 16.0 Å². The van der Waals surface area contributed by atoms with Crippen molar-refractivity contribution in [3.8, 4) is 5.69 Å². The van der Waals surface area contributed by atoms with E-state index in [1.54, 1.807) is 22.8 Å². The van der Waals surface area contributed by atoms with Gasteiger partial charge in [0.1, 0.15) is 6.33 Å². The highest BCUT2D eigenvalue weighted by atomic mass is 32.2. The van der Waals surface area contributed by atoms with Gasteiger partial charge in [0.05, 0.1) is 10.6 Å². The van der Waals surface area contributed by atoms with E-state index < -0.39 is 10.0 Å². The molecule has 1 heterocycles. The van der Waals surface area contributed by atoms with Gasteiger partial charge in [-0.15, -0.1) is 10.2 Å². The number of anilines is 1. The van der Waals surface area contributed by atoms with Crippen LogP contribution in [0.1, 0.15) is 11.1 Å². The zero-order chi connectivity index (χ0) is 16.4. The number of nitrogens with one attached hydrogen (secondary N) is 1. The Balaban J connectivity index is 1.96. The summed E-state index contributed by atoms with van der Waals surface area (Å²) in [5.41, 5.74) is 2.73. The highest BCUT2D eigenvalue weighted by Gasteiger charge is 2.18. The molecule has 0 bridgehead atoms. The first-order valence-corrected chi connectivity index (χ1v) is 8.51. The van der Waals surface area contributed by atoms with Gasteiger partial charge < -0.3 is 0 Å². The van der Waals surface area contributed by atoms with Gasteiger partial charge in [-0.1, -0.05) is 24.3 Å². The number of rotatable bonds is 4. The minimum Gasteiger partial charge on any atom is -0.267 e. The van der Waals surface area contributed by atoms with E-state index in [2.05, 4.69) is 14.9 Å². The first-order valence-electron chi connectivity index (χ1n) is 7.03. The largest absolute Gasteiger partial charge is 0.267 e. The predicted octanol–water partition coefficient (Wildman–Crippen LogP) is 2.68. The molecule has 7 heteroatoms. The van der Waals surface area contributed by atoms with E-state index in [0.29, 0.717) is 0 Å². The van der Waals surface area contributed by atoms with Crippen LogP contribution in [0, 0.1) is 13.8 Å². The molecule has 0 aliphatic heterocycles. The van der Waals surface area contributed by atoms with Gasteiger partial charge in [-0.25, -0.2) is 13.1 Å². The molecule has 6 nitrogen and oxygen atoms in total. The van der Waals surface area contributed by atoms with Crippen LogP contribution in [0.25, 0.3) is 5.69 Å². The summed E-state index contributed by atoms with van der Waals surface area (Å²) in [4.78, 5) is 0.197. The number of aromatic nitrogens is 3. The molecule has 0 atom stereocenters. The van der Waals surface area contributed by atoms with Gasteiger partial charge in [-0.05, 0) is 49.2 Å². The normalized spacial score (nSPS) is 11.4. The minimum absolute atomic E-state index is 0.148. The van der Waals surface area contributed by atoms with Crippen molar-refractivity contribution in [2.24, 2.45) is 0 Å². The molecule has 0 unspecified atom stereocenters. The Morgan fingerprint density at radius 1 is 1.00 bits per heavy atom. The summed E-state index contributed by atoms with van der Waals surface area (Å²) >= 11 is 0. The highest BCUT2D eigenvalue weighted by Crippen LogP contribution is 2.19. The van der Waals surface area contributed by atoms with Crippen LogP contribution in [0.4, 0.5) is 5.95 Å². The Morgan fingerprint density at radius 2 is 1.74 bits per heavy atom. The molecule has 0 aliphatic carbocycles. The van der Waals surface area contributed by atoms with Crippen molar-refractivity contribution < 1.29 is 8.42 Å². The molecule has 0 spiro atoms. The molecule has 0 fully saturated rings. The van der Waals surface area contributed by atoms with Crippen LogP contribution in [0.15, 0.2) is 59.8 Å². The molecule has 0 amide bonds. The van der Waals surface area contributed by atoms with Crippen molar-refractivity contribution in [2.45, 2.75) is 18.7 Å². The van der Waals surface area contributed by atoms with Gasteiger partial charge in [0.2, 0.25) is 5.95 Å². The Morgan fingerprint density at radius 3 is 2.43 bits per heavy atom. The lowest BCUT2D eigenvalue weighted by Crippen LogP contribution is -2.16. The summed E-state index contributed by atoms with van der Waals surface area (Å²) in [5.74, 6) is 0.148. The second-order valence-corrected chi connectivity index (χ2v) is 6.89. The fraction of sp³-hybridized carbons (Fsp3) is 0.125. The quantitative estimate of drug-likeness (QED) is 0.799. The fourth-order valence-electron chi connectivity index (χ4n) is 2.14. The maximum Gasteiger partial charge on any atom is 0.264 e. The van der Waals surface area contributed by atoms with Crippen LogP contribution in [-0.4, -0.2) is 23.2 Å². The smallest absolute Gasteiger partial charge is 0.264 e. The van der Waals surface area contributed by atoms with Crippen LogP contribution < -0.4 is 4.72 Å². The van der Waals surface area contributed by atoms with Crippen molar-refractivity contribution in [3.05, 3.63) is 66.0 Å². The zero-order valence-corrected chi connectivity index (χ0v) is 13.6. The molecule has 2 aromatic carbocycles. The fourth-order valence-corrected chi connectivity index (χ4v) is 3.22. The number of aryl methyl sites for hydroxylation is 2. The van der Waals surface area contributed by atoms with Crippen LogP contribution in [0.2, 0.25) is 0 Å². The number of sulfonamides is 1. The Bertz CT molecular complexity index is 934. The summed E-state index contributed by atoms with van der Waals surface area (Å²) in [7, 11) is -3.73.